The maximum Gasteiger partial charge on any atom is 0.416 e. The Bertz CT molecular complexity index is 794. The largest absolute Gasteiger partial charge is 0.416 e. The lowest BCUT2D eigenvalue weighted by molar-refractivity contribution is -0.137. The topological polar surface area (TPSA) is 67.1 Å². The van der Waals surface area contributed by atoms with Gasteiger partial charge in [0.25, 0.3) is 0 Å². The van der Waals surface area contributed by atoms with Crippen LogP contribution in [0.2, 0.25) is 0 Å². The molecule has 0 amide bonds. The molecular weight excluding hydrogens is 516 g/mol. The van der Waals surface area contributed by atoms with Crippen LogP contribution in [0.5, 0.6) is 0 Å². The van der Waals surface area contributed by atoms with Crippen molar-refractivity contribution >= 4 is 41.7 Å². The molecule has 0 radical (unpaired) electrons. The molecule has 0 atom stereocenters. The van der Waals surface area contributed by atoms with Gasteiger partial charge >= 0.3 is 6.18 Å². The van der Waals surface area contributed by atoms with Crippen LogP contribution in [0.25, 0.3) is 0 Å². The highest BCUT2D eigenvalue weighted by molar-refractivity contribution is 14.0. The van der Waals surface area contributed by atoms with Gasteiger partial charge in [-0.05, 0) is 43.0 Å². The Balaban J connectivity index is 0.00000420. The molecule has 0 unspecified atom stereocenters. The first-order chi connectivity index (χ1) is 13.3. The van der Waals surface area contributed by atoms with E-state index in [0.717, 1.165) is 36.0 Å². The summed E-state index contributed by atoms with van der Waals surface area (Å²) in [6.07, 6.45) is -1.37. The zero-order chi connectivity index (χ0) is 20.6. The summed E-state index contributed by atoms with van der Waals surface area (Å²) in [5.74, 6) is 3.08. The van der Waals surface area contributed by atoms with Crippen molar-refractivity contribution in [2.45, 2.75) is 32.6 Å². The van der Waals surface area contributed by atoms with Gasteiger partial charge in [-0.15, -0.1) is 34.2 Å². The van der Waals surface area contributed by atoms with Gasteiger partial charge in [-0.25, -0.2) is 4.99 Å². The Labute approximate surface area is 190 Å². The minimum atomic E-state index is -4.36. The number of benzene rings is 1. The van der Waals surface area contributed by atoms with Gasteiger partial charge in [0.1, 0.15) is 5.82 Å². The molecule has 0 saturated carbocycles. The number of aliphatic imine (C=N–C) groups is 1. The number of hydrogen-bond donors (Lipinski definition) is 2. The van der Waals surface area contributed by atoms with Gasteiger partial charge in [0, 0.05) is 13.6 Å². The molecule has 1 aromatic carbocycles. The molecule has 0 bridgehead atoms. The van der Waals surface area contributed by atoms with E-state index in [-0.39, 0.29) is 30.5 Å². The van der Waals surface area contributed by atoms with Gasteiger partial charge in [0.05, 0.1) is 18.7 Å². The first-order valence-electron chi connectivity index (χ1n) is 8.83. The standard InChI is InChI=1S/C18H25F3N6S.HI/c1-13-25-26-16(27(13)2)12-24-17(22-8-5-9-28-3)23-11-14-6-4-7-15(10-14)18(19,20)21;/h4,6-7,10H,5,8-9,11-12H2,1-3H3,(H2,22,23,24);1H. The number of aryl methyl sites for hydroxylation is 1. The summed E-state index contributed by atoms with van der Waals surface area (Å²) in [5, 5.41) is 14.5. The highest BCUT2D eigenvalue weighted by Gasteiger charge is 2.30. The van der Waals surface area contributed by atoms with Crippen molar-refractivity contribution < 1.29 is 13.2 Å². The van der Waals surface area contributed by atoms with Gasteiger partial charge in [-0.3, -0.25) is 0 Å². The van der Waals surface area contributed by atoms with Crippen LogP contribution in [0.1, 0.15) is 29.2 Å². The number of guanidine groups is 1. The van der Waals surface area contributed by atoms with Crippen molar-refractivity contribution in [3.05, 3.63) is 47.0 Å². The quantitative estimate of drug-likeness (QED) is 0.230. The summed E-state index contributed by atoms with van der Waals surface area (Å²) in [6.45, 7) is 3.13. The smallest absolute Gasteiger partial charge is 0.356 e. The molecule has 162 valence electrons. The number of nitrogens with zero attached hydrogens (tertiary/aromatic N) is 4. The number of halogens is 4. The first kappa shape index (κ1) is 25.5. The lowest BCUT2D eigenvalue weighted by atomic mass is 10.1. The maximum atomic E-state index is 12.9. The zero-order valence-electron chi connectivity index (χ0n) is 16.6. The van der Waals surface area contributed by atoms with Crippen molar-refractivity contribution in [3.8, 4) is 0 Å². The third kappa shape index (κ3) is 8.41. The van der Waals surface area contributed by atoms with Crippen LogP contribution in [-0.2, 0) is 26.3 Å². The third-order valence-corrected chi connectivity index (χ3v) is 4.79. The van der Waals surface area contributed by atoms with Crippen LogP contribution in [0.3, 0.4) is 0 Å². The summed E-state index contributed by atoms with van der Waals surface area (Å²) in [5.41, 5.74) is -0.174. The van der Waals surface area contributed by atoms with Gasteiger partial charge in [0.2, 0.25) is 0 Å². The highest BCUT2D eigenvalue weighted by atomic mass is 127. The number of alkyl halides is 3. The predicted octanol–water partition coefficient (Wildman–Crippen LogP) is 3.75. The Kier molecular flexibility index (Phi) is 10.8. The van der Waals surface area contributed by atoms with E-state index in [1.54, 1.807) is 17.8 Å². The number of nitrogens with one attached hydrogen (secondary N) is 2. The average Bonchev–Trinajstić information content (AvgIpc) is 2.98. The van der Waals surface area contributed by atoms with E-state index < -0.39 is 11.7 Å². The average molecular weight is 542 g/mol. The molecule has 0 aliphatic rings. The molecule has 1 aromatic heterocycles. The molecule has 2 N–H and O–H groups in total. The Morgan fingerprint density at radius 1 is 1.24 bits per heavy atom. The number of aromatic nitrogens is 3. The number of hydrogen-bond acceptors (Lipinski definition) is 4. The number of rotatable bonds is 8. The van der Waals surface area contributed by atoms with Gasteiger partial charge in [-0.2, -0.15) is 24.9 Å². The molecule has 0 saturated heterocycles. The van der Waals surface area contributed by atoms with Gasteiger partial charge in [0.15, 0.2) is 11.8 Å². The van der Waals surface area contributed by atoms with Gasteiger partial charge in [-0.1, -0.05) is 12.1 Å². The molecule has 0 aliphatic carbocycles. The van der Waals surface area contributed by atoms with Crippen molar-refractivity contribution in [2.24, 2.45) is 12.0 Å². The Morgan fingerprint density at radius 3 is 2.62 bits per heavy atom. The van der Waals surface area contributed by atoms with Crippen LogP contribution < -0.4 is 10.6 Å². The molecule has 6 nitrogen and oxygen atoms in total. The Morgan fingerprint density at radius 2 is 2.00 bits per heavy atom. The molecule has 1 heterocycles. The summed E-state index contributed by atoms with van der Waals surface area (Å²) in [7, 11) is 1.87. The second-order valence-corrected chi connectivity index (χ2v) is 7.20. The molecule has 29 heavy (non-hydrogen) atoms. The van der Waals surface area contributed by atoms with Crippen LogP contribution in [0.15, 0.2) is 29.3 Å². The summed E-state index contributed by atoms with van der Waals surface area (Å²) >= 11 is 1.75. The van der Waals surface area contributed by atoms with Crippen LogP contribution in [-0.4, -0.2) is 39.3 Å². The first-order valence-corrected chi connectivity index (χ1v) is 10.2. The van der Waals surface area contributed by atoms with E-state index >= 15 is 0 Å². The number of thioether (sulfide) groups is 1. The van der Waals surface area contributed by atoms with Crippen molar-refractivity contribution in [1.82, 2.24) is 25.4 Å². The second-order valence-electron chi connectivity index (χ2n) is 6.21. The van der Waals surface area contributed by atoms with E-state index in [2.05, 4.69) is 25.8 Å². The van der Waals surface area contributed by atoms with Crippen LogP contribution in [0, 0.1) is 6.92 Å². The van der Waals surface area contributed by atoms with Crippen molar-refractivity contribution in [3.63, 3.8) is 0 Å². The fourth-order valence-corrected chi connectivity index (χ4v) is 2.81. The Hall–Kier alpha value is -1.50. The SMILES string of the molecule is CSCCCNC(=NCc1cccc(C(F)(F)F)c1)NCc1nnc(C)n1C.I. The lowest BCUT2D eigenvalue weighted by Crippen LogP contribution is -2.38. The lowest BCUT2D eigenvalue weighted by Gasteiger charge is -2.13. The van der Waals surface area contributed by atoms with E-state index in [1.165, 1.54) is 6.07 Å². The van der Waals surface area contributed by atoms with Crippen molar-refractivity contribution in [1.29, 1.82) is 0 Å². The fraction of sp³-hybridized carbons (Fsp3) is 0.500. The molecule has 2 rings (SSSR count). The normalized spacial score (nSPS) is 11.9. The highest BCUT2D eigenvalue weighted by Crippen LogP contribution is 2.29. The third-order valence-electron chi connectivity index (χ3n) is 4.09. The van der Waals surface area contributed by atoms with E-state index in [9.17, 15) is 13.2 Å². The molecule has 11 heteroatoms. The molecule has 0 aliphatic heterocycles. The molecule has 0 spiro atoms. The maximum absolute atomic E-state index is 12.9. The molecule has 2 aromatic rings. The van der Waals surface area contributed by atoms with Gasteiger partial charge < -0.3 is 15.2 Å². The van der Waals surface area contributed by atoms with E-state index in [0.29, 0.717) is 24.6 Å². The second kappa shape index (κ2) is 12.3. The van der Waals surface area contributed by atoms with Crippen LogP contribution in [0.4, 0.5) is 13.2 Å². The summed E-state index contributed by atoms with van der Waals surface area (Å²) in [6, 6.07) is 5.22. The minimum Gasteiger partial charge on any atom is -0.356 e. The minimum absolute atomic E-state index is 0. The summed E-state index contributed by atoms with van der Waals surface area (Å²) < 4.78 is 40.5. The van der Waals surface area contributed by atoms with Crippen molar-refractivity contribution in [2.75, 3.05) is 18.6 Å². The van der Waals surface area contributed by atoms with Crippen LogP contribution >= 0.6 is 35.7 Å². The van der Waals surface area contributed by atoms with E-state index in [4.69, 9.17) is 0 Å². The fourth-order valence-electron chi connectivity index (χ4n) is 2.38. The predicted molar refractivity (Wildman–Crippen MR) is 122 cm³/mol. The monoisotopic (exact) mass is 542 g/mol. The molecule has 0 fully saturated rings. The zero-order valence-corrected chi connectivity index (χ0v) is 19.7. The summed E-state index contributed by atoms with van der Waals surface area (Å²) in [4.78, 5) is 4.43. The molecular formula is C18H26F3IN6S. The van der Waals surface area contributed by atoms with E-state index in [1.807, 2.05) is 24.8 Å².